The fourth-order valence-corrected chi connectivity index (χ4v) is 5.86. The van der Waals surface area contributed by atoms with Crippen LogP contribution in [0.1, 0.15) is 27.6 Å². The highest BCUT2D eigenvalue weighted by molar-refractivity contribution is 7.89. The first kappa shape index (κ1) is 20.8. The lowest BCUT2D eigenvalue weighted by Gasteiger charge is -2.37. The van der Waals surface area contributed by atoms with E-state index < -0.39 is 10.0 Å². The van der Waals surface area contributed by atoms with Gasteiger partial charge in [0.1, 0.15) is 0 Å². The highest BCUT2D eigenvalue weighted by atomic mass is 32.2. The maximum Gasteiger partial charge on any atom is 0.243 e. The Morgan fingerprint density at radius 2 is 1.80 bits per heavy atom. The molecule has 1 aromatic heterocycles. The van der Waals surface area contributed by atoms with E-state index in [-0.39, 0.29) is 23.4 Å². The van der Waals surface area contributed by atoms with Gasteiger partial charge in [0.05, 0.1) is 17.5 Å². The summed E-state index contributed by atoms with van der Waals surface area (Å²) in [7, 11) is -2.27. The van der Waals surface area contributed by atoms with Crippen molar-refractivity contribution in [3.05, 3.63) is 87.6 Å². The Balaban J connectivity index is 1.60. The smallest absolute Gasteiger partial charge is 0.243 e. The molecule has 0 saturated carbocycles. The number of thiophene rings is 1. The molecule has 156 valence electrons. The van der Waals surface area contributed by atoms with Crippen molar-refractivity contribution in [3.63, 3.8) is 0 Å². The maximum atomic E-state index is 13.3. The van der Waals surface area contributed by atoms with E-state index in [0.29, 0.717) is 6.54 Å². The number of fused-ring (bicyclic) bond motifs is 1. The average molecular weight is 441 g/mol. The van der Waals surface area contributed by atoms with E-state index in [9.17, 15) is 13.2 Å². The van der Waals surface area contributed by atoms with Crippen molar-refractivity contribution in [1.29, 1.82) is 0 Å². The van der Waals surface area contributed by atoms with Crippen LogP contribution in [0.4, 0.5) is 0 Å². The van der Waals surface area contributed by atoms with E-state index in [1.807, 2.05) is 42.2 Å². The van der Waals surface area contributed by atoms with Gasteiger partial charge in [0, 0.05) is 18.5 Å². The molecule has 0 fully saturated rings. The highest BCUT2D eigenvalue weighted by Crippen LogP contribution is 2.37. The first-order valence-electron chi connectivity index (χ1n) is 9.81. The molecule has 7 heteroatoms. The molecule has 0 spiro atoms. The number of sulfonamides is 1. The fourth-order valence-electron chi connectivity index (χ4n) is 3.84. The van der Waals surface area contributed by atoms with Gasteiger partial charge in [-0.05, 0) is 48.1 Å². The van der Waals surface area contributed by atoms with Gasteiger partial charge in [-0.2, -0.15) is 4.31 Å². The minimum Gasteiger partial charge on any atom is -0.330 e. The number of carbonyl (C=O) groups excluding carboxylic acids is 1. The summed E-state index contributed by atoms with van der Waals surface area (Å²) in [6.45, 7) is 2.28. The molecule has 2 aromatic carbocycles. The molecule has 5 nitrogen and oxygen atoms in total. The summed E-state index contributed by atoms with van der Waals surface area (Å²) < 4.78 is 27.0. The summed E-state index contributed by atoms with van der Waals surface area (Å²) in [4.78, 5) is 16.6. The van der Waals surface area contributed by atoms with Gasteiger partial charge in [0.2, 0.25) is 15.9 Å². The van der Waals surface area contributed by atoms with Crippen LogP contribution < -0.4 is 0 Å². The van der Waals surface area contributed by atoms with Crippen molar-refractivity contribution in [1.82, 2.24) is 9.21 Å². The van der Waals surface area contributed by atoms with Crippen LogP contribution in [0.5, 0.6) is 0 Å². The highest BCUT2D eigenvalue weighted by Gasteiger charge is 2.34. The summed E-state index contributed by atoms with van der Waals surface area (Å²) in [6.07, 6.45) is 0.788. The van der Waals surface area contributed by atoms with E-state index in [2.05, 4.69) is 11.4 Å². The van der Waals surface area contributed by atoms with Crippen LogP contribution in [0.15, 0.2) is 70.9 Å². The van der Waals surface area contributed by atoms with Gasteiger partial charge in [0.15, 0.2) is 0 Å². The Bertz CT molecular complexity index is 1140. The summed E-state index contributed by atoms with van der Waals surface area (Å²) >= 11 is 1.71. The monoisotopic (exact) mass is 440 g/mol. The predicted molar refractivity (Wildman–Crippen MR) is 119 cm³/mol. The third kappa shape index (κ3) is 3.93. The zero-order chi connectivity index (χ0) is 21.3. The van der Waals surface area contributed by atoms with Crippen LogP contribution in [0, 0.1) is 6.92 Å². The summed E-state index contributed by atoms with van der Waals surface area (Å²) in [6, 6.07) is 18.5. The Hall–Kier alpha value is -2.48. The van der Waals surface area contributed by atoms with E-state index in [1.54, 1.807) is 35.6 Å². The summed E-state index contributed by atoms with van der Waals surface area (Å²) in [5, 5.41) is 2.06. The molecular formula is C23H24N2O3S2. The average Bonchev–Trinajstić information content (AvgIpc) is 3.22. The Labute approximate surface area is 181 Å². The number of nitrogens with zero attached hydrogens (tertiary/aromatic N) is 2. The second-order valence-corrected chi connectivity index (χ2v) is 10.6. The van der Waals surface area contributed by atoms with Gasteiger partial charge in [-0.15, -0.1) is 11.3 Å². The number of benzene rings is 2. The lowest BCUT2D eigenvalue weighted by molar-refractivity contribution is -0.133. The lowest BCUT2D eigenvalue weighted by Crippen LogP contribution is -2.45. The van der Waals surface area contributed by atoms with Gasteiger partial charge in [-0.25, -0.2) is 8.42 Å². The van der Waals surface area contributed by atoms with Crippen LogP contribution in [-0.2, 0) is 21.2 Å². The van der Waals surface area contributed by atoms with Gasteiger partial charge >= 0.3 is 0 Å². The molecule has 0 N–H and O–H groups in total. The van der Waals surface area contributed by atoms with E-state index >= 15 is 0 Å². The molecular weight excluding hydrogens is 416 g/mol. The number of rotatable bonds is 5. The van der Waals surface area contributed by atoms with Crippen LogP contribution >= 0.6 is 11.3 Å². The quantitative estimate of drug-likeness (QED) is 0.606. The second kappa shape index (κ2) is 8.34. The third-order valence-corrected chi connectivity index (χ3v) is 8.30. The Kier molecular flexibility index (Phi) is 5.77. The number of aryl methyl sites for hydroxylation is 1. The standard InChI is InChI=1S/C23H24N2O3S2/c1-17-8-10-19(11-9-17)30(27,28)24(2)16-22(26)25-14-12-21-20(13-15-29-21)23(25)18-6-4-3-5-7-18/h3-11,13,15,23H,12,14,16H2,1-2H3/t23-/m0/s1. The van der Waals surface area contributed by atoms with E-state index in [0.717, 1.165) is 27.4 Å². The number of likely N-dealkylation sites (N-methyl/N-ethyl adjacent to an activating group) is 1. The minimum atomic E-state index is -3.73. The number of hydrogen-bond acceptors (Lipinski definition) is 4. The molecule has 0 bridgehead atoms. The van der Waals surface area contributed by atoms with Gasteiger partial charge < -0.3 is 4.90 Å². The molecule has 0 unspecified atom stereocenters. The topological polar surface area (TPSA) is 57.7 Å². The minimum absolute atomic E-state index is 0.191. The summed E-state index contributed by atoms with van der Waals surface area (Å²) in [5.74, 6) is -0.195. The fraction of sp³-hybridized carbons (Fsp3) is 0.261. The van der Waals surface area contributed by atoms with Crippen molar-refractivity contribution in [2.24, 2.45) is 0 Å². The van der Waals surface area contributed by atoms with Crippen molar-refractivity contribution in [2.45, 2.75) is 24.3 Å². The number of carbonyl (C=O) groups is 1. The molecule has 1 aliphatic heterocycles. The van der Waals surface area contributed by atoms with Gasteiger partial charge in [0.25, 0.3) is 0 Å². The molecule has 0 aliphatic carbocycles. The van der Waals surface area contributed by atoms with E-state index in [4.69, 9.17) is 0 Å². The zero-order valence-electron chi connectivity index (χ0n) is 17.0. The predicted octanol–water partition coefficient (Wildman–Crippen LogP) is 3.85. The molecule has 1 atom stereocenters. The lowest BCUT2D eigenvalue weighted by atomic mass is 9.93. The first-order chi connectivity index (χ1) is 14.4. The van der Waals surface area contributed by atoms with E-state index in [1.165, 1.54) is 11.9 Å². The van der Waals surface area contributed by atoms with Crippen LogP contribution in [0.25, 0.3) is 0 Å². The molecule has 3 aromatic rings. The van der Waals surface area contributed by atoms with Crippen molar-refractivity contribution < 1.29 is 13.2 Å². The van der Waals surface area contributed by atoms with Gasteiger partial charge in [-0.3, -0.25) is 4.79 Å². The van der Waals surface area contributed by atoms with Crippen molar-refractivity contribution >= 4 is 27.3 Å². The van der Waals surface area contributed by atoms with Crippen molar-refractivity contribution in [2.75, 3.05) is 20.1 Å². The number of amides is 1. The van der Waals surface area contributed by atoms with Crippen LogP contribution in [-0.4, -0.2) is 43.7 Å². The molecule has 30 heavy (non-hydrogen) atoms. The summed E-state index contributed by atoms with van der Waals surface area (Å²) in [5.41, 5.74) is 3.15. The molecule has 1 aliphatic rings. The third-order valence-electron chi connectivity index (χ3n) is 5.49. The van der Waals surface area contributed by atoms with Crippen molar-refractivity contribution in [3.8, 4) is 0 Å². The normalized spacial score (nSPS) is 16.5. The maximum absolute atomic E-state index is 13.3. The SMILES string of the molecule is Cc1ccc(S(=O)(=O)N(C)CC(=O)N2CCc3sccc3[C@@H]2c2ccccc2)cc1. The molecule has 0 saturated heterocycles. The Morgan fingerprint density at radius 1 is 1.10 bits per heavy atom. The van der Waals surface area contributed by atoms with Crippen LogP contribution in [0.3, 0.4) is 0 Å². The zero-order valence-corrected chi connectivity index (χ0v) is 18.6. The van der Waals surface area contributed by atoms with Crippen LogP contribution in [0.2, 0.25) is 0 Å². The van der Waals surface area contributed by atoms with Gasteiger partial charge in [-0.1, -0.05) is 48.0 Å². The molecule has 1 amide bonds. The Morgan fingerprint density at radius 3 is 2.50 bits per heavy atom. The molecule has 2 heterocycles. The first-order valence-corrected chi connectivity index (χ1v) is 12.1. The molecule has 0 radical (unpaired) electrons. The number of hydrogen-bond donors (Lipinski definition) is 0. The molecule has 4 rings (SSSR count). The second-order valence-electron chi connectivity index (χ2n) is 7.52. The largest absolute Gasteiger partial charge is 0.330 e.